The van der Waals surface area contributed by atoms with Crippen molar-refractivity contribution in [3.63, 3.8) is 0 Å². The van der Waals surface area contributed by atoms with E-state index in [1.54, 1.807) is 7.11 Å². The molecule has 0 bridgehead atoms. The molecule has 0 spiro atoms. The molecule has 3 heteroatoms. The first-order chi connectivity index (χ1) is 10.2. The Kier molecular flexibility index (Phi) is 3.76. The molecular formula is C18H18O3. The minimum atomic E-state index is -0.765. The fraction of sp³-hybridized carbons (Fsp3) is 0.278. The Labute approximate surface area is 124 Å². The Morgan fingerprint density at radius 3 is 2.00 bits per heavy atom. The second-order valence-corrected chi connectivity index (χ2v) is 5.30. The lowest BCUT2D eigenvalue weighted by molar-refractivity contribution is -0.173. The van der Waals surface area contributed by atoms with E-state index in [1.807, 2.05) is 60.7 Å². The fourth-order valence-electron chi connectivity index (χ4n) is 2.96. The molecule has 1 aliphatic heterocycles. The van der Waals surface area contributed by atoms with Crippen molar-refractivity contribution < 1.29 is 14.3 Å². The molecule has 0 N–H and O–H groups in total. The number of rotatable bonds is 3. The third-order valence-electron chi connectivity index (χ3n) is 4.01. The van der Waals surface area contributed by atoms with Gasteiger partial charge in [0.25, 0.3) is 0 Å². The van der Waals surface area contributed by atoms with Gasteiger partial charge >= 0.3 is 5.97 Å². The molecule has 3 rings (SSSR count). The number of hydrogen-bond donors (Lipinski definition) is 0. The van der Waals surface area contributed by atoms with Gasteiger partial charge in [-0.3, -0.25) is 4.79 Å². The second kappa shape index (κ2) is 5.70. The lowest BCUT2D eigenvalue weighted by Crippen LogP contribution is -2.43. The van der Waals surface area contributed by atoms with Gasteiger partial charge < -0.3 is 9.47 Å². The zero-order valence-corrected chi connectivity index (χ0v) is 12.0. The molecule has 1 heterocycles. The van der Waals surface area contributed by atoms with Gasteiger partial charge in [-0.25, -0.2) is 0 Å². The van der Waals surface area contributed by atoms with E-state index in [-0.39, 0.29) is 12.1 Å². The number of cyclic esters (lactones) is 1. The van der Waals surface area contributed by atoms with Crippen LogP contribution in [0.15, 0.2) is 60.7 Å². The Balaban J connectivity index is 2.13. The van der Waals surface area contributed by atoms with Crippen LogP contribution in [0.5, 0.6) is 0 Å². The van der Waals surface area contributed by atoms with Gasteiger partial charge in [0.1, 0.15) is 0 Å². The molecule has 1 atom stereocenters. The van der Waals surface area contributed by atoms with E-state index in [0.717, 1.165) is 11.1 Å². The summed E-state index contributed by atoms with van der Waals surface area (Å²) in [6.07, 6.45) is 0.799. The Morgan fingerprint density at radius 1 is 1.00 bits per heavy atom. The first-order valence-electron chi connectivity index (χ1n) is 7.10. The van der Waals surface area contributed by atoms with Gasteiger partial charge in [-0.2, -0.15) is 0 Å². The SMILES string of the molecule is COC1CC(=O)OC(c2ccccc2)(c2ccccc2)C1. The van der Waals surface area contributed by atoms with E-state index in [0.29, 0.717) is 12.8 Å². The van der Waals surface area contributed by atoms with Crippen LogP contribution < -0.4 is 0 Å². The van der Waals surface area contributed by atoms with Crippen molar-refractivity contribution in [1.29, 1.82) is 0 Å². The lowest BCUT2D eigenvalue weighted by atomic mass is 9.79. The maximum Gasteiger partial charge on any atom is 0.309 e. The Bertz CT molecular complexity index is 567. The Morgan fingerprint density at radius 2 is 1.52 bits per heavy atom. The van der Waals surface area contributed by atoms with Gasteiger partial charge in [0.05, 0.1) is 12.5 Å². The van der Waals surface area contributed by atoms with Gasteiger partial charge in [0, 0.05) is 24.7 Å². The molecule has 0 aliphatic carbocycles. The van der Waals surface area contributed by atoms with Crippen LogP contribution in [0.3, 0.4) is 0 Å². The van der Waals surface area contributed by atoms with Gasteiger partial charge in [0.15, 0.2) is 5.60 Å². The average molecular weight is 282 g/mol. The third kappa shape index (κ3) is 2.57. The highest BCUT2D eigenvalue weighted by molar-refractivity contribution is 5.72. The summed E-state index contributed by atoms with van der Waals surface area (Å²) in [4.78, 5) is 12.1. The molecule has 21 heavy (non-hydrogen) atoms. The van der Waals surface area contributed by atoms with Crippen molar-refractivity contribution in [1.82, 2.24) is 0 Å². The van der Waals surface area contributed by atoms with Crippen molar-refractivity contribution in [3.8, 4) is 0 Å². The molecular weight excluding hydrogens is 264 g/mol. The molecule has 2 aromatic rings. The van der Waals surface area contributed by atoms with Crippen molar-refractivity contribution >= 4 is 5.97 Å². The zero-order chi connectivity index (χ0) is 14.7. The summed E-state index contributed by atoms with van der Waals surface area (Å²) in [5.74, 6) is -0.221. The summed E-state index contributed by atoms with van der Waals surface area (Å²) in [5, 5.41) is 0. The van der Waals surface area contributed by atoms with Crippen molar-refractivity contribution in [2.45, 2.75) is 24.5 Å². The van der Waals surface area contributed by atoms with Gasteiger partial charge in [-0.05, 0) is 0 Å². The highest BCUT2D eigenvalue weighted by Crippen LogP contribution is 2.42. The van der Waals surface area contributed by atoms with Crippen molar-refractivity contribution in [2.75, 3.05) is 7.11 Å². The van der Waals surface area contributed by atoms with E-state index >= 15 is 0 Å². The minimum Gasteiger partial charge on any atom is -0.449 e. The topological polar surface area (TPSA) is 35.5 Å². The minimum absolute atomic E-state index is 0.133. The third-order valence-corrected chi connectivity index (χ3v) is 4.01. The summed E-state index contributed by atoms with van der Waals surface area (Å²) in [6, 6.07) is 19.8. The van der Waals surface area contributed by atoms with Crippen LogP contribution in [0, 0.1) is 0 Å². The number of ether oxygens (including phenoxy) is 2. The molecule has 1 fully saturated rings. The van der Waals surface area contributed by atoms with Crippen LogP contribution in [-0.4, -0.2) is 19.2 Å². The van der Waals surface area contributed by atoms with Crippen molar-refractivity contribution in [3.05, 3.63) is 71.8 Å². The molecule has 0 radical (unpaired) electrons. The molecule has 0 aromatic heterocycles. The number of carbonyl (C=O) groups is 1. The molecule has 1 unspecified atom stereocenters. The predicted molar refractivity (Wildman–Crippen MR) is 79.8 cm³/mol. The molecule has 0 amide bonds. The van der Waals surface area contributed by atoms with E-state index in [2.05, 4.69) is 0 Å². The molecule has 2 aromatic carbocycles. The summed E-state index contributed by atoms with van der Waals surface area (Å²) in [5.41, 5.74) is 1.19. The molecule has 108 valence electrons. The normalized spacial score (nSPS) is 20.8. The zero-order valence-electron chi connectivity index (χ0n) is 12.0. The smallest absolute Gasteiger partial charge is 0.309 e. The highest BCUT2D eigenvalue weighted by atomic mass is 16.6. The first-order valence-corrected chi connectivity index (χ1v) is 7.10. The number of methoxy groups -OCH3 is 1. The number of hydrogen-bond acceptors (Lipinski definition) is 3. The number of esters is 1. The van der Waals surface area contributed by atoms with Crippen LogP contribution in [0.1, 0.15) is 24.0 Å². The summed E-state index contributed by atoms with van der Waals surface area (Å²) in [7, 11) is 1.64. The lowest BCUT2D eigenvalue weighted by Gasteiger charge is -2.40. The Hall–Kier alpha value is -2.13. The van der Waals surface area contributed by atoms with Crippen LogP contribution in [-0.2, 0) is 19.9 Å². The van der Waals surface area contributed by atoms with E-state index in [4.69, 9.17) is 9.47 Å². The fourth-order valence-corrected chi connectivity index (χ4v) is 2.96. The largest absolute Gasteiger partial charge is 0.449 e. The summed E-state index contributed by atoms with van der Waals surface area (Å²) < 4.78 is 11.3. The second-order valence-electron chi connectivity index (χ2n) is 5.30. The van der Waals surface area contributed by atoms with Gasteiger partial charge in [0.2, 0.25) is 0 Å². The standard InChI is InChI=1S/C18H18O3/c1-20-16-12-17(19)21-18(13-16,14-8-4-2-5-9-14)15-10-6-3-7-11-15/h2-11,16H,12-13H2,1H3. The monoisotopic (exact) mass is 282 g/mol. The maximum atomic E-state index is 12.1. The summed E-state index contributed by atoms with van der Waals surface area (Å²) >= 11 is 0. The average Bonchev–Trinajstić information content (AvgIpc) is 2.55. The molecule has 1 saturated heterocycles. The highest BCUT2D eigenvalue weighted by Gasteiger charge is 2.44. The van der Waals surface area contributed by atoms with Gasteiger partial charge in [-0.1, -0.05) is 60.7 Å². The first kappa shape index (κ1) is 13.8. The van der Waals surface area contributed by atoms with Crippen LogP contribution >= 0.6 is 0 Å². The van der Waals surface area contributed by atoms with E-state index in [1.165, 1.54) is 0 Å². The molecule has 3 nitrogen and oxygen atoms in total. The van der Waals surface area contributed by atoms with E-state index in [9.17, 15) is 4.79 Å². The number of carbonyl (C=O) groups excluding carboxylic acids is 1. The summed E-state index contributed by atoms with van der Waals surface area (Å²) in [6.45, 7) is 0. The molecule has 1 aliphatic rings. The van der Waals surface area contributed by atoms with Crippen LogP contribution in [0.25, 0.3) is 0 Å². The van der Waals surface area contributed by atoms with Crippen molar-refractivity contribution in [2.24, 2.45) is 0 Å². The van der Waals surface area contributed by atoms with E-state index < -0.39 is 5.60 Å². The van der Waals surface area contributed by atoms with Crippen LogP contribution in [0.4, 0.5) is 0 Å². The van der Waals surface area contributed by atoms with Crippen LogP contribution in [0.2, 0.25) is 0 Å². The maximum absolute atomic E-state index is 12.1. The molecule has 0 saturated carbocycles. The quantitative estimate of drug-likeness (QED) is 0.810. The van der Waals surface area contributed by atoms with Gasteiger partial charge in [-0.15, -0.1) is 0 Å². The number of benzene rings is 2. The predicted octanol–water partition coefficient (Wildman–Crippen LogP) is 3.28.